The molecule has 4 aromatic heterocycles. The molecule has 6 nitrogen and oxygen atoms in total. The van der Waals surface area contributed by atoms with E-state index in [2.05, 4.69) is 44.0 Å². The van der Waals surface area contributed by atoms with Crippen molar-refractivity contribution in [2.24, 2.45) is 0 Å². The number of rotatable bonds is 6. The molecule has 0 aliphatic rings. The molecule has 0 saturated carbocycles. The van der Waals surface area contributed by atoms with Gasteiger partial charge in [-0.1, -0.05) is 13.3 Å². The summed E-state index contributed by atoms with van der Waals surface area (Å²) in [6.07, 6.45) is 9.59. The van der Waals surface area contributed by atoms with Crippen molar-refractivity contribution in [3.63, 3.8) is 0 Å². The van der Waals surface area contributed by atoms with E-state index in [1.54, 1.807) is 17.5 Å². The van der Waals surface area contributed by atoms with Gasteiger partial charge in [0.2, 0.25) is 0 Å². The summed E-state index contributed by atoms with van der Waals surface area (Å²) >= 11 is 1.60. The lowest BCUT2D eigenvalue weighted by atomic mass is 10.2. The summed E-state index contributed by atoms with van der Waals surface area (Å²) in [5.41, 5.74) is 3.24. The summed E-state index contributed by atoms with van der Waals surface area (Å²) in [5.74, 6) is 1.90. The van der Waals surface area contributed by atoms with Crippen molar-refractivity contribution in [2.45, 2.75) is 39.8 Å². The molecule has 0 radical (unpaired) electrons. The molecule has 128 valence electrons. The third-order valence-electron chi connectivity index (χ3n) is 4.24. The molecule has 7 heteroatoms. The van der Waals surface area contributed by atoms with Gasteiger partial charge in [0.15, 0.2) is 10.8 Å². The van der Waals surface area contributed by atoms with Crippen LogP contribution in [0.15, 0.2) is 36.2 Å². The average Bonchev–Trinajstić information content (AvgIpc) is 3.34. The number of aromatic nitrogens is 6. The van der Waals surface area contributed by atoms with Crippen LogP contribution in [-0.4, -0.2) is 29.1 Å². The number of fused-ring (bicyclic) bond motifs is 1. The molecule has 0 aliphatic heterocycles. The highest BCUT2D eigenvalue weighted by Crippen LogP contribution is 2.22. The molecule has 0 unspecified atom stereocenters. The molecule has 0 spiro atoms. The van der Waals surface area contributed by atoms with Crippen LogP contribution in [0.1, 0.15) is 31.8 Å². The Morgan fingerprint density at radius 1 is 1.12 bits per heavy atom. The van der Waals surface area contributed by atoms with E-state index >= 15 is 0 Å². The highest BCUT2D eigenvalue weighted by molar-refractivity contribution is 7.13. The Morgan fingerprint density at radius 2 is 2.04 bits per heavy atom. The second-order valence-electron chi connectivity index (χ2n) is 5.90. The average molecular weight is 352 g/mol. The molecule has 0 aromatic carbocycles. The lowest BCUT2D eigenvalue weighted by molar-refractivity contribution is 0.667. The molecule has 0 atom stereocenters. The molecule has 4 aromatic rings. The summed E-state index contributed by atoms with van der Waals surface area (Å²) < 4.78 is 4.37. The number of hydrogen-bond donors (Lipinski definition) is 0. The Kier molecular flexibility index (Phi) is 4.31. The summed E-state index contributed by atoms with van der Waals surface area (Å²) in [4.78, 5) is 18.2. The number of aryl methyl sites for hydroxylation is 2. The molecule has 0 amide bonds. The van der Waals surface area contributed by atoms with E-state index in [0.29, 0.717) is 6.54 Å². The van der Waals surface area contributed by atoms with Crippen molar-refractivity contribution in [3.8, 4) is 10.8 Å². The first-order valence-corrected chi connectivity index (χ1v) is 9.43. The zero-order valence-corrected chi connectivity index (χ0v) is 15.2. The SMILES string of the molecule is CCCc1cc2c(cn1)nc(Cn1ccnc1-c1nccs1)n2CC. The minimum atomic E-state index is 0.667. The van der Waals surface area contributed by atoms with Crippen LogP contribution in [-0.2, 0) is 19.5 Å². The Labute approximate surface area is 150 Å². The normalized spacial score (nSPS) is 11.4. The highest BCUT2D eigenvalue weighted by atomic mass is 32.1. The highest BCUT2D eigenvalue weighted by Gasteiger charge is 2.14. The van der Waals surface area contributed by atoms with Crippen molar-refractivity contribution < 1.29 is 0 Å². The second-order valence-corrected chi connectivity index (χ2v) is 6.80. The lowest BCUT2D eigenvalue weighted by Gasteiger charge is -2.09. The second kappa shape index (κ2) is 6.76. The maximum absolute atomic E-state index is 4.82. The van der Waals surface area contributed by atoms with E-state index in [4.69, 9.17) is 4.98 Å². The van der Waals surface area contributed by atoms with Gasteiger partial charge in [0.05, 0.1) is 18.3 Å². The maximum atomic E-state index is 4.82. The molecule has 25 heavy (non-hydrogen) atoms. The number of thiazole rings is 1. The zero-order chi connectivity index (χ0) is 17.2. The van der Waals surface area contributed by atoms with Gasteiger partial charge >= 0.3 is 0 Å². The van der Waals surface area contributed by atoms with Crippen LogP contribution in [0.4, 0.5) is 0 Å². The van der Waals surface area contributed by atoms with Gasteiger partial charge in [0.25, 0.3) is 0 Å². The van der Waals surface area contributed by atoms with Crippen molar-refractivity contribution in [2.75, 3.05) is 0 Å². The van der Waals surface area contributed by atoms with E-state index < -0.39 is 0 Å². The van der Waals surface area contributed by atoms with E-state index in [1.165, 1.54) is 0 Å². The van der Waals surface area contributed by atoms with Crippen molar-refractivity contribution in [1.29, 1.82) is 0 Å². The molecule has 0 saturated heterocycles. The van der Waals surface area contributed by atoms with Gasteiger partial charge in [-0.05, 0) is 19.4 Å². The van der Waals surface area contributed by atoms with Gasteiger partial charge in [-0.25, -0.2) is 15.0 Å². The van der Waals surface area contributed by atoms with Crippen LogP contribution in [0.5, 0.6) is 0 Å². The summed E-state index contributed by atoms with van der Waals surface area (Å²) in [5, 5.41) is 2.90. The van der Waals surface area contributed by atoms with Gasteiger partial charge in [0.1, 0.15) is 11.3 Å². The van der Waals surface area contributed by atoms with Crippen LogP contribution < -0.4 is 0 Å². The number of nitrogens with zero attached hydrogens (tertiary/aromatic N) is 6. The van der Waals surface area contributed by atoms with Crippen LogP contribution in [0.25, 0.3) is 21.9 Å². The fourth-order valence-electron chi connectivity index (χ4n) is 3.11. The predicted molar refractivity (Wildman–Crippen MR) is 99.6 cm³/mol. The van der Waals surface area contributed by atoms with Crippen molar-refractivity contribution in [3.05, 3.63) is 47.8 Å². The lowest BCUT2D eigenvalue weighted by Crippen LogP contribution is -2.08. The van der Waals surface area contributed by atoms with Crippen LogP contribution in [0.3, 0.4) is 0 Å². The summed E-state index contributed by atoms with van der Waals surface area (Å²) in [7, 11) is 0. The molecular formula is C18H20N6S. The van der Waals surface area contributed by atoms with Gasteiger partial charge in [-0.3, -0.25) is 4.98 Å². The molecule has 0 fully saturated rings. The van der Waals surface area contributed by atoms with Crippen molar-refractivity contribution in [1.82, 2.24) is 29.1 Å². The van der Waals surface area contributed by atoms with E-state index in [-0.39, 0.29) is 0 Å². The topological polar surface area (TPSA) is 61.4 Å². The van der Waals surface area contributed by atoms with Crippen LogP contribution in [0, 0.1) is 0 Å². The minimum absolute atomic E-state index is 0.667. The first-order chi connectivity index (χ1) is 12.3. The quantitative estimate of drug-likeness (QED) is 0.530. The Bertz CT molecular complexity index is 983. The van der Waals surface area contributed by atoms with Gasteiger partial charge in [-0.15, -0.1) is 11.3 Å². The van der Waals surface area contributed by atoms with Crippen LogP contribution >= 0.6 is 11.3 Å². The molecular weight excluding hydrogens is 332 g/mol. The van der Waals surface area contributed by atoms with Gasteiger partial charge in [0, 0.05) is 36.2 Å². The summed E-state index contributed by atoms with van der Waals surface area (Å²) in [6, 6.07) is 2.18. The van der Waals surface area contributed by atoms with E-state index in [0.717, 1.165) is 52.8 Å². The first kappa shape index (κ1) is 16.0. The molecule has 0 N–H and O–H groups in total. The fraction of sp³-hybridized carbons (Fsp3) is 0.333. The third-order valence-corrected chi connectivity index (χ3v) is 5.01. The maximum Gasteiger partial charge on any atom is 0.169 e. The fourth-order valence-corrected chi connectivity index (χ4v) is 3.76. The Morgan fingerprint density at radius 3 is 2.80 bits per heavy atom. The predicted octanol–water partition coefficient (Wildman–Crippen LogP) is 3.77. The zero-order valence-electron chi connectivity index (χ0n) is 14.4. The Hall–Kier alpha value is -2.54. The van der Waals surface area contributed by atoms with Crippen molar-refractivity contribution >= 4 is 22.4 Å². The number of pyridine rings is 1. The third kappa shape index (κ3) is 2.95. The van der Waals surface area contributed by atoms with Crippen LogP contribution in [0.2, 0.25) is 0 Å². The molecule has 0 aliphatic carbocycles. The minimum Gasteiger partial charge on any atom is -0.327 e. The standard InChI is InChI=1S/C18H20N6S/c1-3-5-13-10-15-14(11-21-13)22-16(24(15)4-2)12-23-8-6-19-17(23)18-20-7-9-25-18/h6-11H,3-5,12H2,1-2H3. The summed E-state index contributed by atoms with van der Waals surface area (Å²) in [6.45, 7) is 5.87. The smallest absolute Gasteiger partial charge is 0.169 e. The first-order valence-electron chi connectivity index (χ1n) is 8.55. The van der Waals surface area contributed by atoms with Gasteiger partial charge < -0.3 is 9.13 Å². The molecule has 0 bridgehead atoms. The van der Waals surface area contributed by atoms with Gasteiger partial charge in [-0.2, -0.15) is 0 Å². The Balaban J connectivity index is 1.74. The largest absolute Gasteiger partial charge is 0.327 e. The molecule has 4 heterocycles. The number of imidazole rings is 2. The van der Waals surface area contributed by atoms with E-state index in [9.17, 15) is 0 Å². The van der Waals surface area contributed by atoms with E-state index in [1.807, 2.05) is 24.0 Å². The number of hydrogen-bond acceptors (Lipinski definition) is 5. The molecule has 4 rings (SSSR count). The monoisotopic (exact) mass is 352 g/mol.